The summed E-state index contributed by atoms with van der Waals surface area (Å²) in [6.45, 7) is 10.4. The number of allylic oxidation sites excluding steroid dienone is 1. The van der Waals surface area contributed by atoms with Crippen molar-refractivity contribution >= 4 is 11.4 Å². The summed E-state index contributed by atoms with van der Waals surface area (Å²) in [5.74, 6) is 1.72. The average Bonchev–Trinajstić information content (AvgIpc) is 2.62. The number of anilines is 1. The minimum atomic E-state index is -0.337. The number of nitrogens with one attached hydrogen (secondary N) is 1. The van der Waals surface area contributed by atoms with Crippen LogP contribution in [-0.2, 0) is 0 Å². The number of fused-ring (bicyclic) bond motifs is 1. The molecule has 2 bridgehead atoms. The Balaban J connectivity index is 1.33. The fourth-order valence-electron chi connectivity index (χ4n) is 5.01. The Bertz CT molecular complexity index is 687. The van der Waals surface area contributed by atoms with Crippen LogP contribution < -0.4 is 9.80 Å². The van der Waals surface area contributed by atoms with Gasteiger partial charge in [0, 0.05) is 17.8 Å². The van der Waals surface area contributed by atoms with Gasteiger partial charge >= 0.3 is 0 Å². The minimum Gasteiger partial charge on any atom is -0.360 e. The molecule has 1 aromatic rings. The van der Waals surface area contributed by atoms with E-state index >= 15 is 0 Å². The Morgan fingerprint density at radius 1 is 1.24 bits per heavy atom. The number of hydrogen-bond acceptors (Lipinski definition) is 3. The van der Waals surface area contributed by atoms with Crippen molar-refractivity contribution in [1.82, 2.24) is 0 Å². The van der Waals surface area contributed by atoms with Gasteiger partial charge in [0.2, 0.25) is 0 Å². The lowest BCUT2D eigenvalue weighted by molar-refractivity contribution is -0.896. The molecule has 1 aromatic carbocycles. The largest absolute Gasteiger partial charge is 0.360 e. The molecule has 1 heterocycles. The SMILES string of the molecule is CC1(C)[C@H]2CC=C(C[NH+]3CCN(c4ccc([N+](=O)[O-])cc4)CC3)[C@@H]1C2. The van der Waals surface area contributed by atoms with Crippen molar-refractivity contribution in [1.29, 1.82) is 0 Å². The van der Waals surface area contributed by atoms with Crippen LogP contribution in [-0.4, -0.2) is 37.6 Å². The highest BCUT2D eigenvalue weighted by Crippen LogP contribution is 2.58. The first kappa shape index (κ1) is 16.6. The van der Waals surface area contributed by atoms with E-state index in [1.807, 2.05) is 12.1 Å². The van der Waals surface area contributed by atoms with Gasteiger partial charge in [0.15, 0.2) is 0 Å². The summed E-state index contributed by atoms with van der Waals surface area (Å²) in [5.41, 5.74) is 3.49. The topological polar surface area (TPSA) is 50.8 Å². The molecule has 5 nitrogen and oxygen atoms in total. The van der Waals surface area contributed by atoms with Crippen molar-refractivity contribution in [3.8, 4) is 0 Å². The summed E-state index contributed by atoms with van der Waals surface area (Å²) in [5, 5.41) is 10.8. The molecular weight excluding hydrogens is 314 g/mol. The van der Waals surface area contributed by atoms with Gasteiger partial charge in [0.25, 0.3) is 5.69 Å². The van der Waals surface area contributed by atoms with Gasteiger partial charge in [-0.2, -0.15) is 0 Å². The van der Waals surface area contributed by atoms with Crippen LogP contribution in [0.4, 0.5) is 11.4 Å². The molecule has 0 amide bonds. The number of non-ortho nitro benzene ring substituents is 1. The smallest absolute Gasteiger partial charge is 0.269 e. The maximum Gasteiger partial charge on any atom is 0.269 e. The summed E-state index contributed by atoms with van der Waals surface area (Å²) in [4.78, 5) is 14.5. The quantitative estimate of drug-likeness (QED) is 0.519. The second-order valence-electron chi connectivity index (χ2n) is 8.51. The van der Waals surface area contributed by atoms with Gasteiger partial charge in [-0.25, -0.2) is 0 Å². The van der Waals surface area contributed by atoms with Crippen LogP contribution in [0.5, 0.6) is 0 Å². The number of nitro groups is 1. The van der Waals surface area contributed by atoms with E-state index in [4.69, 9.17) is 0 Å². The molecule has 3 aliphatic carbocycles. The molecule has 2 atom stereocenters. The number of quaternary nitrogens is 1. The molecule has 5 heteroatoms. The molecular formula is C20H28N3O2+. The summed E-state index contributed by atoms with van der Waals surface area (Å²) >= 11 is 0. The number of nitro benzene ring substituents is 1. The standard InChI is InChI=1S/C20H27N3O2/c1-20(2)16-4-3-15(19(20)13-16)14-21-9-11-22(12-10-21)17-5-7-18(8-6-17)23(24)25/h3,5-8,16,19H,4,9-14H2,1-2H3/p+1/t16-,19-/m0/s1. The van der Waals surface area contributed by atoms with Gasteiger partial charge in [-0.05, 0) is 47.8 Å². The van der Waals surface area contributed by atoms with E-state index in [1.165, 1.54) is 19.4 Å². The summed E-state index contributed by atoms with van der Waals surface area (Å²) in [6, 6.07) is 6.97. The molecule has 1 saturated heterocycles. The Labute approximate surface area is 149 Å². The molecule has 4 aliphatic rings. The zero-order chi connectivity index (χ0) is 17.6. The van der Waals surface area contributed by atoms with Crippen LogP contribution in [0.15, 0.2) is 35.9 Å². The lowest BCUT2D eigenvalue weighted by atomic mass is 9.49. The maximum absolute atomic E-state index is 10.8. The zero-order valence-corrected chi connectivity index (χ0v) is 15.2. The van der Waals surface area contributed by atoms with Crippen LogP contribution in [0, 0.1) is 27.4 Å². The zero-order valence-electron chi connectivity index (χ0n) is 15.2. The first-order chi connectivity index (χ1) is 11.9. The molecule has 0 radical (unpaired) electrons. The number of piperazine rings is 1. The predicted octanol–water partition coefficient (Wildman–Crippen LogP) is 2.29. The summed E-state index contributed by atoms with van der Waals surface area (Å²) in [7, 11) is 0. The molecule has 5 rings (SSSR count). The highest BCUT2D eigenvalue weighted by Gasteiger charge is 2.51. The van der Waals surface area contributed by atoms with Crippen LogP contribution in [0.3, 0.4) is 0 Å². The lowest BCUT2D eigenvalue weighted by Crippen LogP contribution is -3.15. The van der Waals surface area contributed by atoms with E-state index in [-0.39, 0.29) is 10.6 Å². The molecule has 2 fully saturated rings. The van der Waals surface area contributed by atoms with Crippen molar-refractivity contribution in [2.75, 3.05) is 37.6 Å². The van der Waals surface area contributed by atoms with Crippen molar-refractivity contribution in [3.05, 3.63) is 46.0 Å². The number of benzene rings is 1. The van der Waals surface area contributed by atoms with Crippen LogP contribution in [0.25, 0.3) is 0 Å². The van der Waals surface area contributed by atoms with E-state index in [0.717, 1.165) is 43.7 Å². The minimum absolute atomic E-state index is 0.165. The Hall–Kier alpha value is -1.88. The first-order valence-corrected chi connectivity index (χ1v) is 9.47. The van der Waals surface area contributed by atoms with Crippen molar-refractivity contribution in [3.63, 3.8) is 0 Å². The van der Waals surface area contributed by atoms with Crippen molar-refractivity contribution in [2.24, 2.45) is 17.3 Å². The molecule has 0 spiro atoms. The van der Waals surface area contributed by atoms with Crippen LogP contribution >= 0.6 is 0 Å². The second-order valence-corrected chi connectivity index (χ2v) is 8.51. The Morgan fingerprint density at radius 2 is 1.92 bits per heavy atom. The lowest BCUT2D eigenvalue weighted by Gasteiger charge is -2.56. The Kier molecular flexibility index (Phi) is 4.07. The van der Waals surface area contributed by atoms with E-state index in [9.17, 15) is 10.1 Å². The Morgan fingerprint density at radius 3 is 2.48 bits per heavy atom. The number of rotatable bonds is 4. The van der Waals surface area contributed by atoms with Gasteiger partial charge in [0.1, 0.15) is 0 Å². The normalized spacial score (nSPS) is 28.2. The highest BCUT2D eigenvalue weighted by molar-refractivity contribution is 5.51. The van der Waals surface area contributed by atoms with Crippen LogP contribution in [0.2, 0.25) is 0 Å². The molecule has 25 heavy (non-hydrogen) atoms. The maximum atomic E-state index is 10.8. The monoisotopic (exact) mass is 342 g/mol. The fraction of sp³-hybridized carbons (Fsp3) is 0.600. The fourth-order valence-corrected chi connectivity index (χ4v) is 5.01. The van der Waals surface area contributed by atoms with E-state index < -0.39 is 0 Å². The van der Waals surface area contributed by atoms with Crippen molar-refractivity contribution in [2.45, 2.75) is 26.7 Å². The van der Waals surface area contributed by atoms with Crippen LogP contribution in [0.1, 0.15) is 26.7 Å². The highest BCUT2D eigenvalue weighted by atomic mass is 16.6. The average molecular weight is 342 g/mol. The van der Waals surface area contributed by atoms with E-state index in [0.29, 0.717) is 5.41 Å². The van der Waals surface area contributed by atoms with Gasteiger partial charge in [-0.15, -0.1) is 0 Å². The third kappa shape index (κ3) is 2.95. The van der Waals surface area contributed by atoms with Gasteiger partial charge in [-0.1, -0.05) is 19.9 Å². The molecule has 1 aliphatic heterocycles. The summed E-state index contributed by atoms with van der Waals surface area (Å²) in [6.07, 6.45) is 5.21. The molecule has 0 unspecified atom stereocenters. The third-order valence-corrected chi connectivity index (χ3v) is 6.93. The first-order valence-electron chi connectivity index (χ1n) is 9.47. The van der Waals surface area contributed by atoms with E-state index in [2.05, 4.69) is 24.8 Å². The van der Waals surface area contributed by atoms with E-state index in [1.54, 1.807) is 22.6 Å². The number of nitrogens with zero attached hydrogens (tertiary/aromatic N) is 2. The summed E-state index contributed by atoms with van der Waals surface area (Å²) < 4.78 is 0. The number of hydrogen-bond donors (Lipinski definition) is 1. The molecule has 0 aromatic heterocycles. The van der Waals surface area contributed by atoms with Crippen molar-refractivity contribution < 1.29 is 9.82 Å². The predicted molar refractivity (Wildman–Crippen MR) is 99.0 cm³/mol. The van der Waals surface area contributed by atoms with Gasteiger partial charge in [0.05, 0.1) is 37.6 Å². The van der Waals surface area contributed by atoms with Gasteiger partial charge in [-0.3, -0.25) is 10.1 Å². The third-order valence-electron chi connectivity index (χ3n) is 6.93. The van der Waals surface area contributed by atoms with Gasteiger partial charge < -0.3 is 9.80 Å². The second kappa shape index (κ2) is 6.13. The molecule has 134 valence electrons. The molecule has 1 N–H and O–H groups in total. The molecule has 1 saturated carbocycles.